The lowest BCUT2D eigenvalue weighted by atomic mass is 9.47. The molecule has 0 aliphatic heterocycles. The van der Waals surface area contributed by atoms with Crippen LogP contribution < -0.4 is 9.47 Å². The molecule has 4 heteroatoms. The molecule has 4 nitrogen and oxygen atoms in total. The number of fused-ring (bicyclic) bond motifs is 5. The van der Waals surface area contributed by atoms with E-state index in [1.165, 1.54) is 51.4 Å². The van der Waals surface area contributed by atoms with Crippen molar-refractivity contribution in [1.29, 1.82) is 0 Å². The summed E-state index contributed by atoms with van der Waals surface area (Å²) < 4.78 is 17.0. The normalized spacial score (nSPS) is 35.7. The van der Waals surface area contributed by atoms with Crippen LogP contribution in [0.3, 0.4) is 0 Å². The van der Waals surface area contributed by atoms with Gasteiger partial charge in [0.25, 0.3) is 0 Å². The van der Waals surface area contributed by atoms with E-state index < -0.39 is 0 Å². The van der Waals surface area contributed by atoms with Gasteiger partial charge in [-0.25, -0.2) is 4.79 Å². The molecule has 1 aromatic rings. The Hall–Kier alpha value is -1.97. The fourth-order valence-corrected chi connectivity index (χ4v) is 10.0. The third-order valence-electron chi connectivity index (χ3n) is 12.2. The van der Waals surface area contributed by atoms with Gasteiger partial charge in [-0.15, -0.1) is 0 Å². The molecule has 8 atom stereocenters. The van der Waals surface area contributed by atoms with Crippen molar-refractivity contribution in [2.24, 2.45) is 46.3 Å². The van der Waals surface area contributed by atoms with Gasteiger partial charge in [-0.1, -0.05) is 71.6 Å². The van der Waals surface area contributed by atoms with Crippen LogP contribution in [0, 0.1) is 46.3 Å². The Bertz CT molecular complexity index is 1090. The maximum atomic E-state index is 13.2. The predicted molar refractivity (Wildman–Crippen MR) is 162 cm³/mol. The van der Waals surface area contributed by atoms with Crippen molar-refractivity contribution in [3.63, 3.8) is 0 Å². The third kappa shape index (κ3) is 5.22. The van der Waals surface area contributed by atoms with Gasteiger partial charge >= 0.3 is 5.97 Å². The number of para-hydroxylation sites is 1. The van der Waals surface area contributed by atoms with Crippen LogP contribution in [0.4, 0.5) is 0 Å². The number of rotatable bonds is 9. The van der Waals surface area contributed by atoms with Gasteiger partial charge in [0.05, 0.1) is 14.2 Å². The molecule has 4 aliphatic carbocycles. The minimum absolute atomic E-state index is 0.0734. The van der Waals surface area contributed by atoms with E-state index in [4.69, 9.17) is 14.2 Å². The van der Waals surface area contributed by atoms with Gasteiger partial charge in [0.15, 0.2) is 11.5 Å². The molecular formula is C36H54O4. The summed E-state index contributed by atoms with van der Waals surface area (Å²) in [6.45, 7) is 12.5. The molecule has 0 N–H and O–H groups in total. The fourth-order valence-electron chi connectivity index (χ4n) is 10.0. The molecule has 0 aromatic heterocycles. The quantitative estimate of drug-likeness (QED) is 0.227. The van der Waals surface area contributed by atoms with Crippen LogP contribution in [0.2, 0.25) is 0 Å². The van der Waals surface area contributed by atoms with Crippen LogP contribution in [0.15, 0.2) is 29.8 Å². The van der Waals surface area contributed by atoms with E-state index in [1.54, 1.807) is 31.9 Å². The number of methoxy groups -OCH3 is 2. The van der Waals surface area contributed by atoms with Crippen molar-refractivity contribution in [2.45, 2.75) is 111 Å². The smallest absolute Gasteiger partial charge is 0.342 e. The van der Waals surface area contributed by atoms with E-state index in [-0.39, 0.29) is 17.5 Å². The van der Waals surface area contributed by atoms with E-state index in [0.29, 0.717) is 22.5 Å². The molecule has 0 heterocycles. The summed E-state index contributed by atoms with van der Waals surface area (Å²) in [5, 5.41) is 0. The minimum Gasteiger partial charge on any atom is -0.493 e. The third-order valence-corrected chi connectivity index (χ3v) is 12.2. The van der Waals surface area contributed by atoms with Gasteiger partial charge in [-0.3, -0.25) is 0 Å². The molecule has 0 bridgehead atoms. The first-order valence-electron chi connectivity index (χ1n) is 16.2. The van der Waals surface area contributed by atoms with Gasteiger partial charge in [-0.2, -0.15) is 0 Å². The molecule has 222 valence electrons. The van der Waals surface area contributed by atoms with Crippen LogP contribution in [-0.2, 0) is 4.74 Å². The zero-order valence-electron chi connectivity index (χ0n) is 26.3. The first kappa shape index (κ1) is 29.5. The number of hydrogen-bond donors (Lipinski definition) is 0. The molecule has 0 radical (unpaired) electrons. The highest BCUT2D eigenvalue weighted by Gasteiger charge is 2.59. The molecule has 0 saturated heterocycles. The SMILES string of the molecule is COc1cccc(C(=O)O[C@@H]2CC[C@@]3(C)C(=CC[C@H]4[C@@H]5CC[C@H]([C@@H](C)CCCC(C)C)[C@@]5(C)CC[C@@H]43)C2)c1OC. The number of carbonyl (C=O) groups excluding carboxylic acids is 1. The Morgan fingerprint density at radius 2 is 1.77 bits per heavy atom. The number of benzene rings is 1. The maximum Gasteiger partial charge on any atom is 0.342 e. The number of carbonyl (C=O) groups is 1. The van der Waals surface area contributed by atoms with Crippen LogP contribution in [0.25, 0.3) is 0 Å². The van der Waals surface area contributed by atoms with Crippen molar-refractivity contribution in [1.82, 2.24) is 0 Å². The zero-order chi connectivity index (χ0) is 28.7. The highest BCUT2D eigenvalue weighted by atomic mass is 16.5. The Labute approximate surface area is 243 Å². The van der Waals surface area contributed by atoms with Crippen molar-refractivity contribution < 1.29 is 19.0 Å². The molecule has 0 spiro atoms. The van der Waals surface area contributed by atoms with E-state index in [0.717, 1.165) is 54.8 Å². The van der Waals surface area contributed by atoms with Gasteiger partial charge in [0, 0.05) is 6.42 Å². The van der Waals surface area contributed by atoms with E-state index in [2.05, 4.69) is 40.7 Å². The molecule has 0 unspecified atom stereocenters. The zero-order valence-corrected chi connectivity index (χ0v) is 26.3. The Morgan fingerprint density at radius 3 is 2.50 bits per heavy atom. The first-order chi connectivity index (χ1) is 19.1. The largest absolute Gasteiger partial charge is 0.493 e. The van der Waals surface area contributed by atoms with Gasteiger partial charge in [0.1, 0.15) is 11.7 Å². The summed E-state index contributed by atoms with van der Waals surface area (Å²) in [5.74, 6) is 5.72. The van der Waals surface area contributed by atoms with E-state index >= 15 is 0 Å². The van der Waals surface area contributed by atoms with Gasteiger partial charge in [-0.05, 0) is 103 Å². The Kier molecular flexibility index (Phi) is 8.65. The topological polar surface area (TPSA) is 44.8 Å². The van der Waals surface area contributed by atoms with Gasteiger partial charge in [0.2, 0.25) is 0 Å². The van der Waals surface area contributed by atoms with Gasteiger partial charge < -0.3 is 14.2 Å². The van der Waals surface area contributed by atoms with Crippen LogP contribution >= 0.6 is 0 Å². The Morgan fingerprint density at radius 1 is 0.975 bits per heavy atom. The second-order valence-electron chi connectivity index (χ2n) is 14.6. The predicted octanol–water partition coefficient (Wildman–Crippen LogP) is 9.27. The summed E-state index contributed by atoms with van der Waals surface area (Å²) in [6, 6.07) is 5.39. The molecular weight excluding hydrogens is 496 g/mol. The highest BCUT2D eigenvalue weighted by Crippen LogP contribution is 2.67. The maximum absolute atomic E-state index is 13.2. The van der Waals surface area contributed by atoms with Crippen molar-refractivity contribution in [2.75, 3.05) is 14.2 Å². The minimum atomic E-state index is -0.313. The lowest BCUT2D eigenvalue weighted by molar-refractivity contribution is -0.0594. The summed E-state index contributed by atoms with van der Waals surface area (Å²) in [6.07, 6.45) is 16.4. The molecule has 0 amide bonds. The average Bonchev–Trinajstić information content (AvgIpc) is 3.29. The standard InChI is InChI=1S/C36H54O4/c1-23(2)10-8-11-24(3)29-16-17-30-27-15-14-25-22-26(18-20-35(25,4)31(27)19-21-36(29,30)5)40-34(37)28-12-9-13-32(38-6)33(28)39-7/h9,12-14,23-24,26-27,29-31H,8,10-11,15-22H2,1-7H3/t24-,26+,27-,29+,30-,31-,35-,36+/m0/s1. The van der Waals surface area contributed by atoms with E-state index in [1.807, 2.05) is 6.07 Å². The molecule has 4 aliphatic rings. The molecule has 3 fully saturated rings. The number of allylic oxidation sites excluding steroid dienone is 1. The number of esters is 1. The molecule has 3 saturated carbocycles. The summed E-state index contributed by atoms with van der Waals surface area (Å²) in [5.41, 5.74) is 2.76. The highest BCUT2D eigenvalue weighted by molar-refractivity contribution is 5.93. The van der Waals surface area contributed by atoms with Crippen molar-refractivity contribution in [3.8, 4) is 11.5 Å². The molecule has 40 heavy (non-hydrogen) atoms. The molecule has 5 rings (SSSR count). The summed E-state index contributed by atoms with van der Waals surface area (Å²) in [7, 11) is 3.16. The number of hydrogen-bond acceptors (Lipinski definition) is 4. The lowest BCUT2D eigenvalue weighted by Crippen LogP contribution is -2.51. The Balaban J connectivity index is 1.26. The van der Waals surface area contributed by atoms with Crippen LogP contribution in [0.5, 0.6) is 11.5 Å². The monoisotopic (exact) mass is 550 g/mol. The summed E-state index contributed by atoms with van der Waals surface area (Å²) in [4.78, 5) is 13.2. The molecule has 1 aromatic carbocycles. The lowest BCUT2D eigenvalue weighted by Gasteiger charge is -2.58. The second kappa shape index (κ2) is 11.7. The summed E-state index contributed by atoms with van der Waals surface area (Å²) >= 11 is 0. The second-order valence-corrected chi connectivity index (χ2v) is 14.6. The fraction of sp³-hybridized carbons (Fsp3) is 0.750. The van der Waals surface area contributed by atoms with Crippen molar-refractivity contribution >= 4 is 5.97 Å². The van der Waals surface area contributed by atoms with Crippen molar-refractivity contribution in [3.05, 3.63) is 35.4 Å². The average molecular weight is 551 g/mol. The number of ether oxygens (including phenoxy) is 3. The van der Waals surface area contributed by atoms with Crippen LogP contribution in [-0.4, -0.2) is 26.3 Å². The van der Waals surface area contributed by atoms with Crippen LogP contribution in [0.1, 0.15) is 116 Å². The first-order valence-corrected chi connectivity index (χ1v) is 16.2. The van der Waals surface area contributed by atoms with E-state index in [9.17, 15) is 4.79 Å².